The van der Waals surface area contributed by atoms with Gasteiger partial charge in [-0.1, -0.05) is 73.7 Å². The van der Waals surface area contributed by atoms with Gasteiger partial charge >= 0.3 is 0 Å². The Morgan fingerprint density at radius 1 is 0.755 bits per heavy atom. The molecular formula is C41H32BN3O8. The topological polar surface area (TPSA) is 185 Å². The third-order valence-corrected chi connectivity index (χ3v) is 9.71. The number of aromatic hydroxyl groups is 6. The van der Waals surface area contributed by atoms with E-state index in [1.807, 2.05) is 60.7 Å². The number of nitrogens with zero attached hydrogens (tertiary/aromatic N) is 3. The van der Waals surface area contributed by atoms with E-state index in [0.29, 0.717) is 28.2 Å². The van der Waals surface area contributed by atoms with Crippen LogP contribution in [0.5, 0.6) is 34.5 Å². The van der Waals surface area contributed by atoms with E-state index in [1.54, 1.807) is 6.07 Å². The highest BCUT2D eigenvalue weighted by atomic mass is 16.4. The highest BCUT2D eigenvalue weighted by Gasteiger charge is 2.29. The number of furan rings is 2. The smallest absolute Gasteiger partial charge is 0.208 e. The normalized spacial score (nSPS) is 15.2. The van der Waals surface area contributed by atoms with Gasteiger partial charge in [-0.25, -0.2) is 9.98 Å². The van der Waals surface area contributed by atoms with Gasteiger partial charge in [0.1, 0.15) is 36.1 Å². The van der Waals surface area contributed by atoms with Crippen molar-refractivity contribution in [3.63, 3.8) is 0 Å². The fourth-order valence-electron chi connectivity index (χ4n) is 6.77. The maximum Gasteiger partial charge on any atom is 0.208 e. The van der Waals surface area contributed by atoms with Crippen LogP contribution in [0.2, 0.25) is 0 Å². The molecule has 0 bridgehead atoms. The molecule has 7 aromatic rings. The molecule has 1 aliphatic carbocycles. The predicted octanol–water partition coefficient (Wildman–Crippen LogP) is 7.05. The lowest BCUT2D eigenvalue weighted by atomic mass is 9.89. The van der Waals surface area contributed by atoms with Gasteiger partial charge in [-0.3, -0.25) is 4.99 Å². The number of phenolic OH excluding ortho intramolecular Hbond substituents is 6. The molecule has 2 aromatic heterocycles. The zero-order valence-corrected chi connectivity index (χ0v) is 28.6. The molecule has 8 rings (SSSR count). The van der Waals surface area contributed by atoms with E-state index in [0.717, 1.165) is 28.3 Å². The molecule has 0 spiro atoms. The van der Waals surface area contributed by atoms with Crippen LogP contribution in [0, 0.1) is 5.92 Å². The Labute approximate surface area is 302 Å². The van der Waals surface area contributed by atoms with Gasteiger partial charge in [0.15, 0.2) is 23.0 Å². The minimum Gasteiger partial charge on any atom is -0.508 e. The van der Waals surface area contributed by atoms with E-state index in [-0.39, 0.29) is 51.3 Å². The number of phenols is 6. The molecule has 5 aromatic carbocycles. The van der Waals surface area contributed by atoms with Crippen molar-refractivity contribution in [2.24, 2.45) is 20.9 Å². The fraction of sp³-hybridized carbons (Fsp3) is 0.0976. The Bertz CT molecular complexity index is 2790. The fourth-order valence-corrected chi connectivity index (χ4v) is 6.77. The second-order valence-corrected chi connectivity index (χ2v) is 13.1. The van der Waals surface area contributed by atoms with E-state index < -0.39 is 34.3 Å². The second kappa shape index (κ2) is 12.7. The summed E-state index contributed by atoms with van der Waals surface area (Å²) in [5.74, 6) is -3.61. The number of fused-ring (bicyclic) bond motifs is 6. The van der Waals surface area contributed by atoms with Gasteiger partial charge in [0.2, 0.25) is 17.2 Å². The summed E-state index contributed by atoms with van der Waals surface area (Å²) in [5, 5.41) is 65.9. The average molecular weight is 706 g/mol. The maximum absolute atomic E-state index is 11.6. The van der Waals surface area contributed by atoms with Crippen LogP contribution in [0.1, 0.15) is 35.6 Å². The van der Waals surface area contributed by atoms with Crippen LogP contribution in [0.4, 0.5) is 0 Å². The van der Waals surface area contributed by atoms with Gasteiger partial charge in [-0.15, -0.1) is 0 Å². The molecule has 0 saturated heterocycles. The van der Waals surface area contributed by atoms with Gasteiger partial charge in [-0.2, -0.15) is 0 Å². The molecule has 0 amide bonds. The van der Waals surface area contributed by atoms with Crippen molar-refractivity contribution < 1.29 is 39.5 Å². The molecule has 6 N–H and O–H groups in total. The van der Waals surface area contributed by atoms with E-state index in [4.69, 9.17) is 18.8 Å². The summed E-state index contributed by atoms with van der Waals surface area (Å²) in [7, 11) is 1.51. The molecule has 1 aliphatic rings. The number of rotatable bonds is 5. The molecule has 0 radical (unpaired) electrons. The lowest BCUT2D eigenvalue weighted by Gasteiger charge is -2.12. The van der Waals surface area contributed by atoms with E-state index in [1.165, 1.54) is 7.85 Å². The number of benzene rings is 5. The summed E-state index contributed by atoms with van der Waals surface area (Å²) in [5.41, 5.74) is 4.35. The largest absolute Gasteiger partial charge is 0.508 e. The Morgan fingerprint density at radius 3 is 2.19 bits per heavy atom. The minimum atomic E-state index is -1.00. The SMILES string of the molecule is Bc1c(O)c(C/N=C(\N=C(/N=C)c2ccc(C3=CCC(C)C=C3)cc2)c2ccc3c(c2)oc2ccccc23)c(O)c2c1oc1c(O)c(O)c(O)c(O)c12. The number of hydrogen-bond donors (Lipinski definition) is 6. The van der Waals surface area contributed by atoms with Gasteiger partial charge in [0.05, 0.1) is 22.9 Å². The molecule has 0 saturated carbocycles. The Kier molecular flexibility index (Phi) is 7.94. The van der Waals surface area contributed by atoms with E-state index in [9.17, 15) is 30.6 Å². The van der Waals surface area contributed by atoms with E-state index in [2.05, 4.69) is 36.9 Å². The van der Waals surface area contributed by atoms with Gasteiger partial charge in [0.25, 0.3) is 0 Å². The first-order chi connectivity index (χ1) is 25.5. The Hall–Kier alpha value is -6.95. The van der Waals surface area contributed by atoms with Crippen molar-refractivity contribution >= 4 is 81.1 Å². The van der Waals surface area contributed by atoms with Crippen LogP contribution in [-0.4, -0.2) is 56.9 Å². The number of allylic oxidation sites excluding steroid dienone is 4. The molecule has 2 heterocycles. The van der Waals surface area contributed by atoms with Crippen molar-refractivity contribution in [1.82, 2.24) is 0 Å². The molecule has 12 heteroatoms. The molecule has 11 nitrogen and oxygen atoms in total. The number of aliphatic imine (C=N–C) groups is 3. The van der Waals surface area contributed by atoms with Gasteiger partial charge < -0.3 is 39.5 Å². The van der Waals surface area contributed by atoms with Crippen LogP contribution in [0.25, 0.3) is 49.5 Å². The van der Waals surface area contributed by atoms with Crippen molar-refractivity contribution in [2.45, 2.75) is 19.9 Å². The van der Waals surface area contributed by atoms with Crippen LogP contribution in [-0.2, 0) is 6.54 Å². The summed E-state index contributed by atoms with van der Waals surface area (Å²) in [6.07, 6.45) is 7.49. The Morgan fingerprint density at radius 2 is 1.45 bits per heavy atom. The lowest BCUT2D eigenvalue weighted by Crippen LogP contribution is -2.08. The molecule has 1 atom stereocenters. The maximum atomic E-state index is 11.6. The standard InChI is InChI=1S/C41H32BN3O8/c1-19-7-9-20(10-8-19)21-11-13-22(14-12-21)40(43-2)45-41(23-15-16-25-24-5-3-4-6-27(24)52-28(25)17-23)44-18-26-32(46)29-30-34(48)35(49)36(50)37(51)39(30)53-38(29)31(42)33(26)47/h3-7,9-17,19,46-51H,2,8,18,42H2,1H3/b44-41-,45-40-. The highest BCUT2D eigenvalue weighted by Crippen LogP contribution is 2.54. The Balaban J connectivity index is 1.27. The third kappa shape index (κ3) is 5.43. The summed E-state index contributed by atoms with van der Waals surface area (Å²) < 4.78 is 11.8. The first-order valence-corrected chi connectivity index (χ1v) is 16.8. The number of para-hydroxylation sites is 1. The quantitative estimate of drug-likeness (QED) is 0.0362. The zero-order valence-electron chi connectivity index (χ0n) is 28.6. The average Bonchev–Trinajstić information content (AvgIpc) is 3.76. The molecule has 1 unspecified atom stereocenters. The van der Waals surface area contributed by atoms with Crippen molar-refractivity contribution in [2.75, 3.05) is 0 Å². The van der Waals surface area contributed by atoms with E-state index >= 15 is 0 Å². The first kappa shape index (κ1) is 33.2. The summed E-state index contributed by atoms with van der Waals surface area (Å²) in [6.45, 7) is 5.63. The second-order valence-electron chi connectivity index (χ2n) is 13.1. The number of amidine groups is 2. The molecule has 0 fully saturated rings. The molecule has 0 aliphatic heterocycles. The third-order valence-electron chi connectivity index (χ3n) is 9.71. The van der Waals surface area contributed by atoms with Crippen molar-refractivity contribution in [1.29, 1.82) is 0 Å². The van der Waals surface area contributed by atoms with Crippen LogP contribution in [0.3, 0.4) is 0 Å². The zero-order chi connectivity index (χ0) is 37.1. The predicted molar refractivity (Wildman–Crippen MR) is 209 cm³/mol. The monoisotopic (exact) mass is 705 g/mol. The van der Waals surface area contributed by atoms with Gasteiger partial charge in [0, 0.05) is 21.9 Å². The van der Waals surface area contributed by atoms with Gasteiger partial charge in [-0.05, 0) is 53.9 Å². The summed E-state index contributed by atoms with van der Waals surface area (Å²) >= 11 is 0. The highest BCUT2D eigenvalue weighted by molar-refractivity contribution is 6.42. The minimum absolute atomic E-state index is 0.0535. The molecule has 262 valence electrons. The summed E-state index contributed by atoms with van der Waals surface area (Å²) in [4.78, 5) is 13.9. The van der Waals surface area contributed by atoms with Crippen LogP contribution >= 0.6 is 0 Å². The summed E-state index contributed by atoms with van der Waals surface area (Å²) in [6, 6.07) is 21.0. The lowest BCUT2D eigenvalue weighted by molar-refractivity contribution is 0.348. The van der Waals surface area contributed by atoms with Crippen LogP contribution < -0.4 is 5.46 Å². The van der Waals surface area contributed by atoms with Crippen LogP contribution in [0.15, 0.2) is 109 Å². The number of hydrogen-bond acceptors (Lipinski definition) is 9. The molecule has 53 heavy (non-hydrogen) atoms. The first-order valence-electron chi connectivity index (χ1n) is 16.8. The van der Waals surface area contributed by atoms with Crippen molar-refractivity contribution in [3.05, 3.63) is 107 Å². The molecular weight excluding hydrogens is 673 g/mol. The van der Waals surface area contributed by atoms with Crippen molar-refractivity contribution in [3.8, 4) is 34.5 Å².